The van der Waals surface area contributed by atoms with Crippen LogP contribution in [-0.2, 0) is 16.0 Å². The number of hydrogen-bond donors (Lipinski definition) is 1. The van der Waals surface area contributed by atoms with E-state index in [0.29, 0.717) is 12.0 Å². The van der Waals surface area contributed by atoms with E-state index in [1.54, 1.807) is 12.1 Å². The summed E-state index contributed by atoms with van der Waals surface area (Å²) in [7, 11) is 0. The summed E-state index contributed by atoms with van der Waals surface area (Å²) >= 11 is 0. The van der Waals surface area contributed by atoms with Crippen LogP contribution in [0.1, 0.15) is 42.6 Å². The highest BCUT2D eigenvalue weighted by atomic mass is 16.2. The number of nitrogens with one attached hydrogen (secondary N) is 1. The Morgan fingerprint density at radius 1 is 1.23 bits per heavy atom. The number of Topliss-reactive ketones (excluding diaryl/α,β-unsaturated/α-hetero) is 1. The number of amides is 2. The summed E-state index contributed by atoms with van der Waals surface area (Å²) in [4.78, 5) is 35.9. The van der Waals surface area contributed by atoms with Gasteiger partial charge in [0, 0.05) is 12.0 Å². The Hall–Kier alpha value is -2.48. The van der Waals surface area contributed by atoms with Crippen molar-refractivity contribution in [3.63, 3.8) is 0 Å². The molecule has 0 bridgehead atoms. The van der Waals surface area contributed by atoms with Crippen molar-refractivity contribution in [1.82, 2.24) is 5.32 Å². The lowest BCUT2D eigenvalue weighted by molar-refractivity contribution is -0.140. The summed E-state index contributed by atoms with van der Waals surface area (Å²) in [5, 5.41) is 11.7. The molecule has 2 atom stereocenters. The number of imide groups is 1. The van der Waals surface area contributed by atoms with Crippen molar-refractivity contribution >= 4 is 17.6 Å². The maximum absolute atomic E-state index is 12.5. The molecule has 2 aliphatic rings. The monoisotopic (exact) mass is 298 g/mol. The first kappa shape index (κ1) is 15.9. The molecule has 22 heavy (non-hydrogen) atoms. The van der Waals surface area contributed by atoms with E-state index in [1.807, 2.05) is 32.0 Å². The third kappa shape index (κ3) is 2.31. The lowest BCUT2D eigenvalue weighted by atomic mass is 9.69. The van der Waals surface area contributed by atoms with Crippen LogP contribution in [0.2, 0.25) is 0 Å². The largest absolute Gasteiger partial charge is 0.295 e. The van der Waals surface area contributed by atoms with E-state index >= 15 is 0 Å². The molecule has 2 unspecified atom stereocenters. The summed E-state index contributed by atoms with van der Waals surface area (Å²) in [6.07, 6.45) is 0.585. The van der Waals surface area contributed by atoms with E-state index in [4.69, 9.17) is 0 Å². The number of nitriles is 1. The molecule has 1 heterocycles. The van der Waals surface area contributed by atoms with E-state index in [0.717, 1.165) is 5.56 Å². The van der Waals surface area contributed by atoms with Crippen LogP contribution in [0, 0.1) is 22.7 Å². The molecular formula is C17H18N2O3. The van der Waals surface area contributed by atoms with Gasteiger partial charge in [-0.2, -0.15) is 5.26 Å². The van der Waals surface area contributed by atoms with Gasteiger partial charge in [0.05, 0.1) is 12.0 Å². The normalized spacial score (nSPS) is 26.4. The minimum Gasteiger partial charge on any atom is -0.295 e. The van der Waals surface area contributed by atoms with Crippen molar-refractivity contribution in [2.24, 2.45) is 11.3 Å². The van der Waals surface area contributed by atoms with Crippen LogP contribution in [0.15, 0.2) is 24.3 Å². The molecule has 1 N–H and O–H groups in total. The molecule has 2 amide bonds. The molecule has 1 fully saturated rings. The number of carbonyl (C=O) groups is 3. The summed E-state index contributed by atoms with van der Waals surface area (Å²) in [5.74, 6) is -1.89. The van der Waals surface area contributed by atoms with Crippen molar-refractivity contribution < 1.29 is 14.4 Å². The van der Waals surface area contributed by atoms with Gasteiger partial charge in [0.25, 0.3) is 0 Å². The zero-order valence-electron chi connectivity index (χ0n) is 12.7. The lowest BCUT2D eigenvalue weighted by Crippen LogP contribution is -2.53. The molecule has 114 valence electrons. The van der Waals surface area contributed by atoms with E-state index in [9.17, 15) is 19.6 Å². The van der Waals surface area contributed by atoms with Gasteiger partial charge in [-0.25, -0.2) is 0 Å². The minimum atomic E-state index is -1.43. The van der Waals surface area contributed by atoms with Gasteiger partial charge in [0.2, 0.25) is 11.8 Å². The Morgan fingerprint density at radius 3 is 2.50 bits per heavy atom. The van der Waals surface area contributed by atoms with Crippen LogP contribution < -0.4 is 5.32 Å². The summed E-state index contributed by atoms with van der Waals surface area (Å²) in [6, 6.07) is 9.16. The van der Waals surface area contributed by atoms with Gasteiger partial charge >= 0.3 is 0 Å². The second kappa shape index (κ2) is 6.10. The first-order chi connectivity index (χ1) is 10.6. The second-order valence-electron chi connectivity index (χ2n) is 5.24. The molecule has 0 radical (unpaired) electrons. The van der Waals surface area contributed by atoms with Gasteiger partial charge < -0.3 is 0 Å². The molecular weight excluding hydrogens is 280 g/mol. The van der Waals surface area contributed by atoms with Gasteiger partial charge in [0.1, 0.15) is 5.41 Å². The van der Waals surface area contributed by atoms with Gasteiger partial charge in [0.15, 0.2) is 5.78 Å². The number of carbonyl (C=O) groups excluding carboxylic acids is 3. The van der Waals surface area contributed by atoms with Crippen molar-refractivity contribution in [3.05, 3.63) is 35.4 Å². The maximum atomic E-state index is 12.5. The zero-order chi connectivity index (χ0) is 16.3. The molecule has 1 aromatic carbocycles. The SMILES string of the molecule is CC.N#CC1(C2Cc3ccccc3C2=O)CCC(=O)NC1=O. The molecule has 0 saturated carbocycles. The topological polar surface area (TPSA) is 87.0 Å². The van der Waals surface area contributed by atoms with E-state index in [2.05, 4.69) is 5.32 Å². The molecule has 1 saturated heterocycles. The Balaban J connectivity index is 0.000000847. The number of piperidine rings is 1. The van der Waals surface area contributed by atoms with Gasteiger partial charge in [-0.05, 0) is 18.4 Å². The first-order valence-corrected chi connectivity index (χ1v) is 7.46. The summed E-state index contributed by atoms with van der Waals surface area (Å²) in [6.45, 7) is 4.00. The lowest BCUT2D eigenvalue weighted by Gasteiger charge is -2.32. The standard InChI is InChI=1S/C15H12N2O3.C2H6/c16-8-15(6-5-12(18)17-14(15)20)11-7-9-3-1-2-4-10(9)13(11)19;1-2/h1-4,11H,5-7H2,(H,17,18,20);1-2H3. The molecule has 0 spiro atoms. The zero-order valence-corrected chi connectivity index (χ0v) is 12.7. The first-order valence-electron chi connectivity index (χ1n) is 7.46. The fourth-order valence-electron chi connectivity index (χ4n) is 3.08. The fraction of sp³-hybridized carbons (Fsp3) is 0.412. The molecule has 1 aliphatic heterocycles. The highest BCUT2D eigenvalue weighted by Gasteiger charge is 2.54. The predicted octanol–water partition coefficient (Wildman–Crippen LogP) is 2.01. The van der Waals surface area contributed by atoms with Crippen molar-refractivity contribution in [2.45, 2.75) is 33.1 Å². The second-order valence-corrected chi connectivity index (χ2v) is 5.24. The third-order valence-electron chi connectivity index (χ3n) is 4.22. The highest BCUT2D eigenvalue weighted by molar-refractivity contribution is 6.09. The molecule has 5 nitrogen and oxygen atoms in total. The maximum Gasteiger partial charge on any atom is 0.247 e. The Bertz CT molecular complexity index is 675. The molecule has 0 aromatic heterocycles. The number of hydrogen-bond acceptors (Lipinski definition) is 4. The van der Waals surface area contributed by atoms with Crippen LogP contribution in [0.5, 0.6) is 0 Å². The summed E-state index contributed by atoms with van der Waals surface area (Å²) < 4.78 is 0. The third-order valence-corrected chi connectivity index (χ3v) is 4.22. The number of nitrogens with zero attached hydrogens (tertiary/aromatic N) is 1. The Labute approximate surface area is 129 Å². The van der Waals surface area contributed by atoms with Crippen molar-refractivity contribution in [1.29, 1.82) is 5.26 Å². The Kier molecular flexibility index (Phi) is 4.41. The smallest absolute Gasteiger partial charge is 0.247 e. The van der Waals surface area contributed by atoms with Crippen LogP contribution in [0.25, 0.3) is 0 Å². The molecule has 1 aliphatic carbocycles. The molecule has 1 aromatic rings. The van der Waals surface area contributed by atoms with E-state index in [-0.39, 0.29) is 24.5 Å². The van der Waals surface area contributed by atoms with Crippen LogP contribution in [-0.4, -0.2) is 17.6 Å². The minimum absolute atomic E-state index is 0.0967. The van der Waals surface area contributed by atoms with Gasteiger partial charge in [-0.3, -0.25) is 19.7 Å². The Morgan fingerprint density at radius 2 is 1.91 bits per heavy atom. The molecule has 3 rings (SSSR count). The fourth-order valence-corrected chi connectivity index (χ4v) is 3.08. The molecule has 5 heteroatoms. The van der Waals surface area contributed by atoms with Crippen molar-refractivity contribution in [2.75, 3.05) is 0 Å². The van der Waals surface area contributed by atoms with Crippen molar-refractivity contribution in [3.8, 4) is 6.07 Å². The van der Waals surface area contributed by atoms with Crippen LogP contribution >= 0.6 is 0 Å². The van der Waals surface area contributed by atoms with Gasteiger partial charge in [-0.1, -0.05) is 38.1 Å². The highest BCUT2D eigenvalue weighted by Crippen LogP contribution is 2.43. The predicted molar refractivity (Wildman–Crippen MR) is 79.7 cm³/mol. The van der Waals surface area contributed by atoms with Gasteiger partial charge in [-0.15, -0.1) is 0 Å². The number of rotatable bonds is 1. The summed E-state index contributed by atoms with van der Waals surface area (Å²) in [5.41, 5.74) is 0.0166. The number of benzene rings is 1. The van der Waals surface area contributed by atoms with E-state index < -0.39 is 17.2 Å². The average molecular weight is 298 g/mol. The van der Waals surface area contributed by atoms with Crippen LogP contribution in [0.3, 0.4) is 0 Å². The van der Waals surface area contributed by atoms with Crippen LogP contribution in [0.4, 0.5) is 0 Å². The number of fused-ring (bicyclic) bond motifs is 1. The average Bonchev–Trinajstić information content (AvgIpc) is 2.88. The van der Waals surface area contributed by atoms with E-state index in [1.165, 1.54) is 0 Å². The number of ketones is 1. The quantitative estimate of drug-likeness (QED) is 0.803.